The summed E-state index contributed by atoms with van der Waals surface area (Å²) >= 11 is 1.78. The molecule has 0 amide bonds. The first-order chi connectivity index (χ1) is 8.16. The summed E-state index contributed by atoms with van der Waals surface area (Å²) in [5.41, 5.74) is 0.806. The lowest BCUT2D eigenvalue weighted by Crippen LogP contribution is -2.14. The molecule has 3 heteroatoms. The average molecular weight is 250 g/mol. The van der Waals surface area contributed by atoms with Gasteiger partial charge in [-0.2, -0.15) is 11.8 Å². The summed E-state index contributed by atoms with van der Waals surface area (Å²) in [5, 5.41) is 0.173. The highest BCUT2D eigenvalue weighted by Gasteiger charge is 2.24. The van der Waals surface area contributed by atoms with Crippen molar-refractivity contribution in [2.45, 2.75) is 38.0 Å². The van der Waals surface area contributed by atoms with Crippen LogP contribution in [0.25, 0.3) is 0 Å². The highest BCUT2D eigenvalue weighted by atomic mass is 32.2. The average Bonchev–Trinajstić information content (AvgIpc) is 2.82. The van der Waals surface area contributed by atoms with Crippen LogP contribution >= 0.6 is 11.8 Å². The first-order valence-electron chi connectivity index (χ1n) is 6.09. The number of hydrogen-bond acceptors (Lipinski definition) is 3. The van der Waals surface area contributed by atoms with E-state index in [0.29, 0.717) is 0 Å². The number of rotatable bonds is 4. The fourth-order valence-corrected chi connectivity index (χ4v) is 3.18. The van der Waals surface area contributed by atoms with Crippen LogP contribution < -0.4 is 4.74 Å². The van der Waals surface area contributed by atoms with Crippen LogP contribution in [-0.4, -0.2) is 22.9 Å². The zero-order valence-corrected chi connectivity index (χ0v) is 11.1. The highest BCUT2D eigenvalue weighted by molar-refractivity contribution is 8.00. The smallest absolute Gasteiger partial charge is 0.175 e. The molecule has 2 nitrogen and oxygen atoms in total. The Morgan fingerprint density at radius 1 is 1.35 bits per heavy atom. The first kappa shape index (κ1) is 12.5. The summed E-state index contributed by atoms with van der Waals surface area (Å²) in [6, 6.07) is 7.51. The molecule has 0 N–H and O–H groups in total. The van der Waals surface area contributed by atoms with Gasteiger partial charge in [0, 0.05) is 5.56 Å². The molecule has 92 valence electrons. The minimum absolute atomic E-state index is 0.168. The molecule has 1 aromatic carbocycles. The molecule has 1 saturated heterocycles. The maximum atomic E-state index is 12.1. The molecular formula is C14H18O2S. The van der Waals surface area contributed by atoms with Crippen molar-refractivity contribution >= 4 is 17.5 Å². The van der Waals surface area contributed by atoms with E-state index in [1.807, 2.05) is 38.1 Å². The summed E-state index contributed by atoms with van der Waals surface area (Å²) in [6.45, 7) is 3.99. The predicted molar refractivity (Wildman–Crippen MR) is 72.0 cm³/mol. The number of hydrogen-bond donors (Lipinski definition) is 0. The highest BCUT2D eigenvalue weighted by Crippen LogP contribution is 2.29. The van der Waals surface area contributed by atoms with E-state index in [4.69, 9.17) is 4.74 Å². The first-order valence-corrected chi connectivity index (χ1v) is 7.14. The molecule has 0 bridgehead atoms. The van der Waals surface area contributed by atoms with E-state index in [-0.39, 0.29) is 17.1 Å². The predicted octanol–water partition coefficient (Wildman–Crippen LogP) is 3.55. The Morgan fingerprint density at radius 2 is 2.06 bits per heavy atom. The Hall–Kier alpha value is -0.960. The van der Waals surface area contributed by atoms with Crippen LogP contribution in [0.5, 0.6) is 5.75 Å². The van der Waals surface area contributed by atoms with Gasteiger partial charge in [0.2, 0.25) is 0 Å². The van der Waals surface area contributed by atoms with Gasteiger partial charge in [0.1, 0.15) is 5.75 Å². The monoisotopic (exact) mass is 250 g/mol. The van der Waals surface area contributed by atoms with Crippen molar-refractivity contribution in [3.63, 3.8) is 0 Å². The third-order valence-corrected chi connectivity index (χ3v) is 4.11. The number of carbonyl (C=O) groups is 1. The molecule has 1 aromatic rings. The Kier molecular flexibility index (Phi) is 4.11. The second-order valence-electron chi connectivity index (χ2n) is 4.56. The minimum Gasteiger partial charge on any atom is -0.491 e. The Balaban J connectivity index is 2.04. The number of carbonyl (C=O) groups excluding carboxylic acids is 1. The third kappa shape index (κ3) is 3.25. The quantitative estimate of drug-likeness (QED) is 0.764. The lowest BCUT2D eigenvalue weighted by molar-refractivity contribution is 0.0988. The summed E-state index contributed by atoms with van der Waals surface area (Å²) in [5.74, 6) is 2.21. The number of ether oxygens (including phenoxy) is 1. The maximum Gasteiger partial charge on any atom is 0.175 e. The van der Waals surface area contributed by atoms with Gasteiger partial charge in [-0.3, -0.25) is 4.79 Å². The van der Waals surface area contributed by atoms with Crippen molar-refractivity contribution in [3.8, 4) is 5.75 Å². The lowest BCUT2D eigenvalue weighted by atomic mass is 10.1. The number of benzene rings is 1. The molecule has 1 heterocycles. The summed E-state index contributed by atoms with van der Waals surface area (Å²) < 4.78 is 5.56. The molecule has 1 aliphatic heterocycles. The second kappa shape index (κ2) is 5.58. The SMILES string of the molecule is CC(C)Oc1ccc(C(=O)C2CCCS2)cc1. The topological polar surface area (TPSA) is 26.3 Å². The van der Waals surface area contributed by atoms with Crippen molar-refractivity contribution in [1.82, 2.24) is 0 Å². The van der Waals surface area contributed by atoms with Crippen LogP contribution in [0, 0.1) is 0 Å². The van der Waals surface area contributed by atoms with Crippen molar-refractivity contribution in [2.75, 3.05) is 5.75 Å². The number of ketones is 1. The van der Waals surface area contributed by atoms with E-state index in [1.165, 1.54) is 0 Å². The van der Waals surface area contributed by atoms with Gasteiger partial charge in [0.15, 0.2) is 5.78 Å². The summed E-state index contributed by atoms with van der Waals surface area (Å²) in [7, 11) is 0. The molecule has 0 saturated carbocycles. The molecule has 0 aromatic heterocycles. The minimum atomic E-state index is 0.168. The molecular weight excluding hydrogens is 232 g/mol. The van der Waals surface area contributed by atoms with Gasteiger partial charge in [0.05, 0.1) is 11.4 Å². The van der Waals surface area contributed by atoms with E-state index in [1.54, 1.807) is 11.8 Å². The van der Waals surface area contributed by atoms with Gasteiger partial charge in [0.25, 0.3) is 0 Å². The van der Waals surface area contributed by atoms with Crippen LogP contribution in [0.15, 0.2) is 24.3 Å². The fraction of sp³-hybridized carbons (Fsp3) is 0.500. The number of thioether (sulfide) groups is 1. The molecule has 0 radical (unpaired) electrons. The molecule has 1 aliphatic rings. The summed E-state index contributed by atoms with van der Waals surface area (Å²) in [6.07, 6.45) is 2.35. The zero-order chi connectivity index (χ0) is 12.3. The van der Waals surface area contributed by atoms with Crippen molar-refractivity contribution in [1.29, 1.82) is 0 Å². The van der Waals surface area contributed by atoms with Crippen molar-refractivity contribution < 1.29 is 9.53 Å². The van der Waals surface area contributed by atoms with E-state index < -0.39 is 0 Å². The maximum absolute atomic E-state index is 12.1. The van der Waals surface area contributed by atoms with Crippen LogP contribution in [0.4, 0.5) is 0 Å². The Morgan fingerprint density at radius 3 is 2.59 bits per heavy atom. The molecule has 2 rings (SSSR count). The van der Waals surface area contributed by atoms with Gasteiger partial charge in [-0.05, 0) is 56.7 Å². The number of Topliss-reactive ketones (excluding diaryl/α,β-unsaturated/α-hetero) is 1. The van der Waals surface area contributed by atoms with Gasteiger partial charge in [-0.1, -0.05) is 0 Å². The van der Waals surface area contributed by atoms with Crippen LogP contribution in [-0.2, 0) is 0 Å². The molecule has 1 atom stereocenters. The Bertz CT molecular complexity index is 378. The summed E-state index contributed by atoms with van der Waals surface area (Å²) in [4.78, 5) is 12.1. The molecule has 1 fully saturated rings. The van der Waals surface area contributed by atoms with Crippen LogP contribution in [0.1, 0.15) is 37.0 Å². The van der Waals surface area contributed by atoms with Gasteiger partial charge >= 0.3 is 0 Å². The zero-order valence-electron chi connectivity index (χ0n) is 10.3. The molecule has 1 unspecified atom stereocenters. The molecule has 0 spiro atoms. The Labute approximate surface area is 107 Å². The normalized spacial score (nSPS) is 19.6. The third-order valence-electron chi connectivity index (χ3n) is 2.73. The van der Waals surface area contributed by atoms with E-state index in [0.717, 1.165) is 29.9 Å². The second-order valence-corrected chi connectivity index (χ2v) is 5.87. The van der Waals surface area contributed by atoms with Crippen LogP contribution in [0.2, 0.25) is 0 Å². The van der Waals surface area contributed by atoms with Gasteiger partial charge in [-0.15, -0.1) is 0 Å². The largest absolute Gasteiger partial charge is 0.491 e. The van der Waals surface area contributed by atoms with Gasteiger partial charge < -0.3 is 4.74 Å². The van der Waals surface area contributed by atoms with Crippen molar-refractivity contribution in [3.05, 3.63) is 29.8 Å². The molecule has 17 heavy (non-hydrogen) atoms. The van der Waals surface area contributed by atoms with E-state index >= 15 is 0 Å². The van der Waals surface area contributed by atoms with E-state index in [9.17, 15) is 4.79 Å². The molecule has 0 aliphatic carbocycles. The van der Waals surface area contributed by atoms with Crippen LogP contribution in [0.3, 0.4) is 0 Å². The van der Waals surface area contributed by atoms with Crippen molar-refractivity contribution in [2.24, 2.45) is 0 Å². The standard InChI is InChI=1S/C14H18O2S/c1-10(2)16-12-7-5-11(6-8-12)14(15)13-4-3-9-17-13/h5-8,10,13H,3-4,9H2,1-2H3. The van der Waals surface area contributed by atoms with Gasteiger partial charge in [-0.25, -0.2) is 0 Å². The van der Waals surface area contributed by atoms with E-state index in [2.05, 4.69) is 0 Å². The lowest BCUT2D eigenvalue weighted by Gasteiger charge is -2.11. The fourth-order valence-electron chi connectivity index (χ4n) is 1.94.